The van der Waals surface area contributed by atoms with Crippen molar-refractivity contribution in [3.63, 3.8) is 0 Å². The summed E-state index contributed by atoms with van der Waals surface area (Å²) in [6.07, 6.45) is 3.88. The van der Waals surface area contributed by atoms with Crippen LogP contribution < -0.4 is 9.47 Å². The first-order chi connectivity index (χ1) is 12.5. The lowest BCUT2D eigenvalue weighted by molar-refractivity contribution is 0.0669. The van der Waals surface area contributed by atoms with Crippen molar-refractivity contribution in [1.29, 1.82) is 0 Å². The average molecular weight is 354 g/mol. The zero-order valence-electron chi connectivity index (χ0n) is 15.8. The highest BCUT2D eigenvalue weighted by Gasteiger charge is 2.37. The fourth-order valence-electron chi connectivity index (χ4n) is 3.08. The summed E-state index contributed by atoms with van der Waals surface area (Å²) in [6.45, 7) is 5.95. The van der Waals surface area contributed by atoms with E-state index in [1.54, 1.807) is 19.4 Å². The number of benzene rings is 1. The molecule has 1 aromatic carbocycles. The summed E-state index contributed by atoms with van der Waals surface area (Å²) in [5.74, 6) is 1.22. The Morgan fingerprint density at radius 2 is 1.92 bits per heavy atom. The van der Waals surface area contributed by atoms with Gasteiger partial charge in [-0.05, 0) is 63.9 Å². The van der Waals surface area contributed by atoms with Gasteiger partial charge < -0.3 is 14.4 Å². The molecule has 1 atom stereocenters. The molecule has 26 heavy (non-hydrogen) atoms. The van der Waals surface area contributed by atoms with Crippen LogP contribution in [0.25, 0.3) is 0 Å². The molecule has 1 aliphatic rings. The molecular formula is C21H26N2O3. The molecule has 0 N–H and O–H groups in total. The number of pyridine rings is 1. The second-order valence-corrected chi connectivity index (χ2v) is 6.91. The van der Waals surface area contributed by atoms with E-state index in [1.807, 2.05) is 56.0 Å². The van der Waals surface area contributed by atoms with Gasteiger partial charge in [0, 0.05) is 17.8 Å². The van der Waals surface area contributed by atoms with Gasteiger partial charge in [-0.3, -0.25) is 9.78 Å². The molecule has 0 saturated heterocycles. The highest BCUT2D eigenvalue weighted by molar-refractivity contribution is 5.95. The number of nitrogens with zero attached hydrogens (tertiary/aromatic N) is 2. The number of carbonyl (C=O) groups excluding carboxylic acids is 1. The molecule has 0 spiro atoms. The molecule has 1 unspecified atom stereocenters. The van der Waals surface area contributed by atoms with Gasteiger partial charge in [-0.2, -0.15) is 0 Å². The van der Waals surface area contributed by atoms with Gasteiger partial charge in [-0.25, -0.2) is 0 Å². The van der Waals surface area contributed by atoms with Gasteiger partial charge >= 0.3 is 0 Å². The second kappa shape index (κ2) is 7.77. The van der Waals surface area contributed by atoms with Crippen molar-refractivity contribution in [1.82, 2.24) is 9.88 Å². The van der Waals surface area contributed by atoms with E-state index in [0.29, 0.717) is 17.1 Å². The van der Waals surface area contributed by atoms with Crippen molar-refractivity contribution in [3.05, 3.63) is 53.9 Å². The minimum atomic E-state index is -0.0752. The molecule has 1 saturated carbocycles. The number of amides is 1. The van der Waals surface area contributed by atoms with Gasteiger partial charge in [-0.1, -0.05) is 6.07 Å². The quantitative estimate of drug-likeness (QED) is 0.746. The third-order valence-electron chi connectivity index (χ3n) is 4.48. The van der Waals surface area contributed by atoms with Crippen LogP contribution in [0.5, 0.6) is 11.5 Å². The van der Waals surface area contributed by atoms with E-state index >= 15 is 0 Å². The van der Waals surface area contributed by atoms with Gasteiger partial charge in [0.25, 0.3) is 5.91 Å². The molecule has 2 aromatic rings. The lowest BCUT2D eigenvalue weighted by Gasteiger charge is -2.29. The fraction of sp³-hybridized carbons (Fsp3) is 0.429. The Morgan fingerprint density at radius 3 is 2.50 bits per heavy atom. The number of hydrogen-bond donors (Lipinski definition) is 0. The first kappa shape index (κ1) is 18.2. The van der Waals surface area contributed by atoms with Crippen LogP contribution in [-0.4, -0.2) is 35.0 Å². The Morgan fingerprint density at radius 1 is 1.15 bits per heavy atom. The summed E-state index contributed by atoms with van der Waals surface area (Å²) < 4.78 is 11.2. The number of hydrogen-bond acceptors (Lipinski definition) is 4. The molecule has 1 aliphatic carbocycles. The van der Waals surface area contributed by atoms with Gasteiger partial charge in [-0.15, -0.1) is 0 Å². The Kier molecular flexibility index (Phi) is 5.45. The second-order valence-electron chi connectivity index (χ2n) is 6.91. The van der Waals surface area contributed by atoms with Crippen molar-refractivity contribution in [2.75, 3.05) is 7.11 Å². The maximum atomic E-state index is 13.2. The van der Waals surface area contributed by atoms with Crippen molar-refractivity contribution in [2.45, 2.75) is 51.8 Å². The van der Waals surface area contributed by atoms with Crippen LogP contribution >= 0.6 is 0 Å². The Hall–Kier alpha value is -2.56. The van der Waals surface area contributed by atoms with Crippen LogP contribution in [-0.2, 0) is 0 Å². The molecule has 5 heteroatoms. The largest absolute Gasteiger partial charge is 0.493 e. The van der Waals surface area contributed by atoms with Gasteiger partial charge in [0.05, 0.1) is 24.9 Å². The van der Waals surface area contributed by atoms with Gasteiger partial charge in [0.2, 0.25) is 0 Å². The standard InChI is InChI=1S/C21H26N2O3/c1-14(2)26-19-11-8-16(13-20(19)25-4)21(24)23(17-9-10-17)15(3)18-7-5-6-12-22-18/h5-8,11-15,17H,9-10H2,1-4H3. The highest BCUT2D eigenvalue weighted by atomic mass is 16.5. The van der Waals surface area contributed by atoms with E-state index in [1.165, 1.54) is 0 Å². The van der Waals surface area contributed by atoms with Crippen molar-refractivity contribution in [3.8, 4) is 11.5 Å². The molecule has 0 bridgehead atoms. The van der Waals surface area contributed by atoms with Gasteiger partial charge in [0.15, 0.2) is 11.5 Å². The zero-order valence-corrected chi connectivity index (χ0v) is 15.8. The highest BCUT2D eigenvalue weighted by Crippen LogP contribution is 2.36. The molecule has 0 radical (unpaired) electrons. The predicted molar refractivity (Wildman–Crippen MR) is 101 cm³/mol. The smallest absolute Gasteiger partial charge is 0.254 e. The Balaban J connectivity index is 1.88. The zero-order chi connectivity index (χ0) is 18.7. The van der Waals surface area contributed by atoms with Crippen LogP contribution in [0.4, 0.5) is 0 Å². The molecule has 1 aromatic heterocycles. The summed E-state index contributed by atoms with van der Waals surface area (Å²) in [5, 5.41) is 0. The fourth-order valence-corrected chi connectivity index (χ4v) is 3.08. The van der Waals surface area contributed by atoms with E-state index in [-0.39, 0.29) is 24.1 Å². The molecule has 3 rings (SSSR count). The number of methoxy groups -OCH3 is 1. The number of rotatable bonds is 7. The van der Waals surface area contributed by atoms with E-state index in [4.69, 9.17) is 9.47 Å². The summed E-state index contributed by atoms with van der Waals surface area (Å²) in [4.78, 5) is 19.6. The van der Waals surface area contributed by atoms with Crippen molar-refractivity contribution >= 4 is 5.91 Å². The third-order valence-corrected chi connectivity index (χ3v) is 4.48. The summed E-state index contributed by atoms with van der Waals surface area (Å²) in [6, 6.07) is 11.4. The maximum Gasteiger partial charge on any atom is 0.254 e. The SMILES string of the molecule is COc1cc(C(=O)N(C2CC2)C(C)c2ccccn2)ccc1OC(C)C. The van der Waals surface area contributed by atoms with Crippen LogP contribution in [0.3, 0.4) is 0 Å². The molecule has 1 amide bonds. The monoisotopic (exact) mass is 354 g/mol. The molecule has 138 valence electrons. The predicted octanol–water partition coefficient (Wildman–Crippen LogP) is 4.24. The molecule has 5 nitrogen and oxygen atoms in total. The minimum absolute atomic E-state index is 0.0000463. The van der Waals surface area contributed by atoms with Gasteiger partial charge in [0.1, 0.15) is 0 Å². The third kappa shape index (κ3) is 3.98. The first-order valence-electron chi connectivity index (χ1n) is 9.09. The van der Waals surface area contributed by atoms with E-state index in [2.05, 4.69) is 4.98 Å². The van der Waals surface area contributed by atoms with Crippen LogP contribution in [0, 0.1) is 0 Å². The molecule has 0 aliphatic heterocycles. The van der Waals surface area contributed by atoms with E-state index in [0.717, 1.165) is 18.5 Å². The lowest BCUT2D eigenvalue weighted by Crippen LogP contribution is -2.36. The average Bonchev–Trinajstić information content (AvgIpc) is 3.47. The minimum Gasteiger partial charge on any atom is -0.493 e. The normalized spacial score (nSPS) is 14.8. The van der Waals surface area contributed by atoms with E-state index < -0.39 is 0 Å². The number of ether oxygens (including phenoxy) is 2. The van der Waals surface area contributed by atoms with E-state index in [9.17, 15) is 4.79 Å². The Bertz CT molecular complexity index is 757. The maximum absolute atomic E-state index is 13.2. The first-order valence-corrected chi connectivity index (χ1v) is 9.09. The summed E-state index contributed by atoms with van der Waals surface area (Å²) in [7, 11) is 1.59. The molecular weight excluding hydrogens is 328 g/mol. The number of carbonyl (C=O) groups is 1. The van der Waals surface area contributed by atoms with Crippen LogP contribution in [0.15, 0.2) is 42.6 Å². The Labute approximate surface area is 155 Å². The number of aromatic nitrogens is 1. The summed E-state index contributed by atoms with van der Waals surface area (Å²) in [5.41, 5.74) is 1.51. The topological polar surface area (TPSA) is 51.7 Å². The molecule has 1 heterocycles. The molecule has 1 fully saturated rings. The van der Waals surface area contributed by atoms with Crippen LogP contribution in [0.2, 0.25) is 0 Å². The van der Waals surface area contributed by atoms with Crippen molar-refractivity contribution in [2.24, 2.45) is 0 Å². The summed E-state index contributed by atoms with van der Waals surface area (Å²) >= 11 is 0. The van der Waals surface area contributed by atoms with Crippen LogP contribution in [0.1, 0.15) is 55.7 Å². The lowest BCUT2D eigenvalue weighted by atomic mass is 10.1. The van der Waals surface area contributed by atoms with Crippen molar-refractivity contribution < 1.29 is 14.3 Å².